The van der Waals surface area contributed by atoms with Gasteiger partial charge in [-0.2, -0.15) is 0 Å². The molecule has 0 saturated heterocycles. The van der Waals surface area contributed by atoms with E-state index >= 15 is 0 Å². The van der Waals surface area contributed by atoms with Crippen molar-refractivity contribution in [1.29, 1.82) is 0 Å². The van der Waals surface area contributed by atoms with E-state index in [0.29, 0.717) is 10.8 Å². The molecule has 1 amide bonds. The molecule has 1 rings (SSSR count). The molecule has 0 heterocycles. The first kappa shape index (κ1) is 14.4. The third-order valence-corrected chi connectivity index (χ3v) is 3.31. The summed E-state index contributed by atoms with van der Waals surface area (Å²) < 4.78 is 0. The first-order valence-corrected chi connectivity index (χ1v) is 6.87. The van der Waals surface area contributed by atoms with E-state index in [-0.39, 0.29) is 18.6 Å². The summed E-state index contributed by atoms with van der Waals surface area (Å²) in [6.45, 7) is 1.73. The van der Waals surface area contributed by atoms with Crippen LogP contribution in [-0.2, 0) is 10.5 Å². The molecular weight excluding hydrogens is 258 g/mol. The molecule has 5 heteroatoms. The van der Waals surface area contributed by atoms with Gasteiger partial charge in [0.25, 0.3) is 0 Å². The fraction of sp³-hybridized carbons (Fsp3) is 0.417. The summed E-state index contributed by atoms with van der Waals surface area (Å²) in [5.74, 6) is 1.08. The maximum absolute atomic E-state index is 11.4. The average molecular weight is 274 g/mol. The van der Waals surface area contributed by atoms with Crippen molar-refractivity contribution < 1.29 is 9.90 Å². The molecule has 94 valence electrons. The van der Waals surface area contributed by atoms with Crippen LogP contribution >= 0.6 is 23.4 Å². The number of amides is 1. The smallest absolute Gasteiger partial charge is 0.230 e. The van der Waals surface area contributed by atoms with Crippen molar-refractivity contribution in [2.45, 2.75) is 18.7 Å². The lowest BCUT2D eigenvalue weighted by molar-refractivity contribution is -0.119. The van der Waals surface area contributed by atoms with Gasteiger partial charge in [0, 0.05) is 16.8 Å². The van der Waals surface area contributed by atoms with Crippen molar-refractivity contribution in [2.75, 3.05) is 12.4 Å². The molecule has 0 aliphatic heterocycles. The zero-order valence-electron chi connectivity index (χ0n) is 9.65. The number of carbonyl (C=O) groups excluding carboxylic acids is 1. The highest BCUT2D eigenvalue weighted by Gasteiger charge is 2.06. The Morgan fingerprint density at radius 2 is 2.35 bits per heavy atom. The standard InChI is InChI=1S/C12H16ClNO2S/c1-9(6-15)14-12(16)8-17-7-10-3-2-4-11(13)5-10/h2-5,9,15H,6-8H2,1H3,(H,14,16). The largest absolute Gasteiger partial charge is 0.394 e. The zero-order valence-corrected chi connectivity index (χ0v) is 11.2. The zero-order chi connectivity index (χ0) is 12.7. The minimum atomic E-state index is -0.186. The van der Waals surface area contributed by atoms with Crippen LogP contribution in [0.25, 0.3) is 0 Å². The summed E-state index contributed by atoms with van der Waals surface area (Å²) in [6.07, 6.45) is 0. The lowest BCUT2D eigenvalue weighted by atomic mass is 10.2. The van der Waals surface area contributed by atoms with Gasteiger partial charge in [0.15, 0.2) is 0 Å². The Balaban J connectivity index is 2.26. The molecule has 1 aromatic rings. The van der Waals surface area contributed by atoms with Crippen molar-refractivity contribution in [3.8, 4) is 0 Å². The first-order chi connectivity index (χ1) is 8.11. The van der Waals surface area contributed by atoms with Gasteiger partial charge in [-0.15, -0.1) is 11.8 Å². The van der Waals surface area contributed by atoms with Gasteiger partial charge in [-0.3, -0.25) is 4.79 Å². The molecule has 1 atom stereocenters. The Hall–Kier alpha value is -0.710. The van der Waals surface area contributed by atoms with E-state index in [1.165, 1.54) is 11.8 Å². The summed E-state index contributed by atoms with van der Waals surface area (Å²) in [6, 6.07) is 7.40. The maximum atomic E-state index is 11.4. The molecule has 3 nitrogen and oxygen atoms in total. The number of aliphatic hydroxyl groups excluding tert-OH is 1. The Labute approximate surface area is 111 Å². The van der Waals surface area contributed by atoms with Crippen LogP contribution in [0, 0.1) is 0 Å². The summed E-state index contributed by atoms with van der Waals surface area (Å²) in [5.41, 5.74) is 1.10. The molecule has 0 fully saturated rings. The van der Waals surface area contributed by atoms with Crippen LogP contribution in [0.15, 0.2) is 24.3 Å². The van der Waals surface area contributed by atoms with Crippen LogP contribution in [0.3, 0.4) is 0 Å². The number of halogens is 1. The topological polar surface area (TPSA) is 49.3 Å². The molecule has 0 spiro atoms. The molecule has 0 aromatic heterocycles. The number of hydrogen-bond donors (Lipinski definition) is 2. The van der Waals surface area contributed by atoms with E-state index in [0.717, 1.165) is 11.3 Å². The second-order valence-electron chi connectivity index (χ2n) is 3.77. The number of rotatable bonds is 6. The van der Waals surface area contributed by atoms with E-state index in [4.69, 9.17) is 16.7 Å². The average Bonchev–Trinajstić information content (AvgIpc) is 2.29. The lowest BCUT2D eigenvalue weighted by Gasteiger charge is -2.10. The van der Waals surface area contributed by atoms with Gasteiger partial charge in [0.2, 0.25) is 5.91 Å². The molecule has 17 heavy (non-hydrogen) atoms. The van der Waals surface area contributed by atoms with Crippen molar-refractivity contribution in [2.24, 2.45) is 0 Å². The van der Waals surface area contributed by atoms with Gasteiger partial charge in [-0.25, -0.2) is 0 Å². The Kier molecular flexibility index (Phi) is 6.40. The van der Waals surface area contributed by atoms with Crippen molar-refractivity contribution in [1.82, 2.24) is 5.32 Å². The van der Waals surface area contributed by atoms with Gasteiger partial charge in [-0.1, -0.05) is 23.7 Å². The van der Waals surface area contributed by atoms with Crippen molar-refractivity contribution in [3.05, 3.63) is 34.9 Å². The van der Waals surface area contributed by atoms with E-state index < -0.39 is 0 Å². The highest BCUT2D eigenvalue weighted by Crippen LogP contribution is 2.16. The number of benzene rings is 1. The van der Waals surface area contributed by atoms with Crippen molar-refractivity contribution in [3.63, 3.8) is 0 Å². The summed E-state index contributed by atoms with van der Waals surface area (Å²) in [7, 11) is 0. The molecule has 1 aromatic carbocycles. The van der Waals surface area contributed by atoms with Crippen LogP contribution in [0.5, 0.6) is 0 Å². The maximum Gasteiger partial charge on any atom is 0.230 e. The van der Waals surface area contributed by atoms with Crippen LogP contribution in [0.2, 0.25) is 5.02 Å². The Morgan fingerprint density at radius 3 is 3.00 bits per heavy atom. The molecule has 0 aliphatic carbocycles. The van der Waals surface area contributed by atoms with Gasteiger partial charge >= 0.3 is 0 Å². The van der Waals surface area contributed by atoms with Gasteiger partial charge < -0.3 is 10.4 Å². The van der Waals surface area contributed by atoms with E-state index in [1.54, 1.807) is 6.92 Å². The third kappa shape index (κ3) is 5.96. The Bertz CT molecular complexity index is 373. The monoisotopic (exact) mass is 273 g/mol. The second-order valence-corrected chi connectivity index (χ2v) is 5.20. The molecule has 1 unspecified atom stereocenters. The molecule has 0 bridgehead atoms. The van der Waals surface area contributed by atoms with Gasteiger partial charge in [-0.05, 0) is 24.6 Å². The van der Waals surface area contributed by atoms with Crippen LogP contribution in [-0.4, -0.2) is 29.4 Å². The normalized spacial score (nSPS) is 12.2. The highest BCUT2D eigenvalue weighted by molar-refractivity contribution is 7.99. The van der Waals surface area contributed by atoms with Crippen LogP contribution < -0.4 is 5.32 Å². The molecular formula is C12H16ClNO2S. The molecule has 0 saturated carbocycles. The summed E-state index contributed by atoms with van der Waals surface area (Å²) >= 11 is 7.38. The quantitative estimate of drug-likeness (QED) is 0.834. The van der Waals surface area contributed by atoms with Gasteiger partial charge in [0.05, 0.1) is 12.4 Å². The predicted molar refractivity (Wildman–Crippen MR) is 72.3 cm³/mol. The number of aliphatic hydroxyl groups is 1. The first-order valence-electron chi connectivity index (χ1n) is 5.34. The number of thioether (sulfide) groups is 1. The lowest BCUT2D eigenvalue weighted by Crippen LogP contribution is -2.36. The number of hydrogen-bond acceptors (Lipinski definition) is 3. The molecule has 0 radical (unpaired) electrons. The third-order valence-electron chi connectivity index (χ3n) is 2.07. The van der Waals surface area contributed by atoms with Crippen molar-refractivity contribution >= 4 is 29.3 Å². The fourth-order valence-electron chi connectivity index (χ4n) is 1.25. The van der Waals surface area contributed by atoms with Crippen LogP contribution in [0.1, 0.15) is 12.5 Å². The van der Waals surface area contributed by atoms with E-state index in [1.807, 2.05) is 24.3 Å². The summed E-state index contributed by atoms with van der Waals surface area (Å²) in [5, 5.41) is 12.2. The predicted octanol–water partition coefficient (Wildman–Crippen LogP) is 2.07. The molecule has 0 aliphatic rings. The van der Waals surface area contributed by atoms with Gasteiger partial charge in [0.1, 0.15) is 0 Å². The van der Waals surface area contributed by atoms with E-state index in [2.05, 4.69) is 5.32 Å². The number of carbonyl (C=O) groups is 1. The molecule has 2 N–H and O–H groups in total. The fourth-order valence-corrected chi connectivity index (χ4v) is 2.25. The number of nitrogens with one attached hydrogen (secondary N) is 1. The Morgan fingerprint density at radius 1 is 1.59 bits per heavy atom. The SMILES string of the molecule is CC(CO)NC(=O)CSCc1cccc(Cl)c1. The minimum Gasteiger partial charge on any atom is -0.394 e. The van der Waals surface area contributed by atoms with E-state index in [9.17, 15) is 4.79 Å². The summed E-state index contributed by atoms with van der Waals surface area (Å²) in [4.78, 5) is 11.4. The van der Waals surface area contributed by atoms with Crippen LogP contribution in [0.4, 0.5) is 0 Å². The highest BCUT2D eigenvalue weighted by atomic mass is 35.5. The minimum absolute atomic E-state index is 0.0370. The second kappa shape index (κ2) is 7.58.